The van der Waals surface area contributed by atoms with Crippen molar-refractivity contribution in [3.63, 3.8) is 0 Å². The number of aromatic nitrogens is 2. The monoisotopic (exact) mass is 418 g/mol. The molecule has 2 aromatic heterocycles. The molecule has 0 N–H and O–H groups in total. The lowest BCUT2D eigenvalue weighted by Crippen LogP contribution is -2.23. The number of carbonyl (C=O) groups excluding carboxylic acids is 1. The smallest absolute Gasteiger partial charge is 0.338 e. The number of benzene rings is 2. The van der Waals surface area contributed by atoms with Crippen LogP contribution in [-0.2, 0) is 17.9 Å². The van der Waals surface area contributed by atoms with Gasteiger partial charge in [0.1, 0.15) is 17.9 Å². The first-order valence-corrected chi connectivity index (χ1v) is 10.0. The number of aryl methyl sites for hydroxylation is 4. The van der Waals surface area contributed by atoms with Crippen LogP contribution in [0, 0.1) is 20.8 Å². The summed E-state index contributed by atoms with van der Waals surface area (Å²) < 4.78 is 12.4. The van der Waals surface area contributed by atoms with E-state index in [1.165, 1.54) is 6.07 Å². The van der Waals surface area contributed by atoms with Crippen LogP contribution in [0.3, 0.4) is 0 Å². The summed E-state index contributed by atoms with van der Waals surface area (Å²) in [5.41, 5.74) is 4.35. The van der Waals surface area contributed by atoms with Crippen LogP contribution in [0.1, 0.15) is 39.7 Å². The summed E-state index contributed by atoms with van der Waals surface area (Å²) in [5.74, 6) is -0.541. The first-order chi connectivity index (χ1) is 14.8. The minimum atomic E-state index is -0.541. The second-order valence-electron chi connectivity index (χ2n) is 7.55. The summed E-state index contributed by atoms with van der Waals surface area (Å²) >= 11 is 0. The minimum absolute atomic E-state index is 0.0671. The molecular formula is C24H22N2O5. The van der Waals surface area contributed by atoms with E-state index in [-0.39, 0.29) is 12.2 Å². The number of hydrogen-bond donors (Lipinski definition) is 0. The number of nitrogens with zero attached hydrogens (tertiary/aromatic N) is 2. The summed E-state index contributed by atoms with van der Waals surface area (Å²) in [7, 11) is 0. The van der Waals surface area contributed by atoms with Crippen LogP contribution in [0.25, 0.3) is 22.0 Å². The highest BCUT2D eigenvalue weighted by Crippen LogP contribution is 2.23. The zero-order chi connectivity index (χ0) is 22.3. The molecule has 0 fully saturated rings. The van der Waals surface area contributed by atoms with E-state index in [2.05, 4.69) is 4.98 Å². The van der Waals surface area contributed by atoms with Crippen molar-refractivity contribution < 1.29 is 13.9 Å². The Hall–Kier alpha value is -3.74. The molecule has 158 valence electrons. The Bertz CT molecular complexity index is 1460. The molecular weight excluding hydrogens is 396 g/mol. The van der Waals surface area contributed by atoms with Crippen LogP contribution in [0.4, 0.5) is 0 Å². The van der Waals surface area contributed by atoms with Gasteiger partial charge in [0.2, 0.25) is 0 Å². The highest BCUT2D eigenvalue weighted by atomic mass is 16.5. The quantitative estimate of drug-likeness (QED) is 0.370. The van der Waals surface area contributed by atoms with Crippen molar-refractivity contribution >= 4 is 28.0 Å². The molecule has 7 nitrogen and oxygen atoms in total. The van der Waals surface area contributed by atoms with Crippen LogP contribution in [-0.4, -0.2) is 15.5 Å². The van der Waals surface area contributed by atoms with Gasteiger partial charge >= 0.3 is 11.6 Å². The number of ether oxygens (including phenoxy) is 1. The van der Waals surface area contributed by atoms with Gasteiger partial charge in [-0.2, -0.15) is 0 Å². The van der Waals surface area contributed by atoms with Crippen molar-refractivity contribution in [1.82, 2.24) is 9.55 Å². The molecule has 2 aromatic carbocycles. The number of carbonyl (C=O) groups is 1. The zero-order valence-electron chi connectivity index (χ0n) is 17.8. The molecule has 4 aromatic rings. The lowest BCUT2D eigenvalue weighted by atomic mass is 10.0. The lowest BCUT2D eigenvalue weighted by Gasteiger charge is -2.11. The molecule has 2 heterocycles. The average Bonchev–Trinajstić information content (AvgIpc) is 2.73. The first-order valence-electron chi connectivity index (χ1n) is 10.0. The van der Waals surface area contributed by atoms with Crippen molar-refractivity contribution in [1.29, 1.82) is 0 Å². The van der Waals surface area contributed by atoms with Crippen LogP contribution in [0.15, 0.2) is 50.4 Å². The highest BCUT2D eigenvalue weighted by molar-refractivity contribution is 5.93. The van der Waals surface area contributed by atoms with Gasteiger partial charge in [0.15, 0.2) is 0 Å². The van der Waals surface area contributed by atoms with Crippen LogP contribution < -0.4 is 11.2 Å². The van der Waals surface area contributed by atoms with Gasteiger partial charge in [-0.15, -0.1) is 0 Å². The Balaban J connectivity index is 1.66. The average molecular weight is 418 g/mol. The zero-order valence-corrected chi connectivity index (χ0v) is 17.8. The van der Waals surface area contributed by atoms with Gasteiger partial charge < -0.3 is 13.7 Å². The summed E-state index contributed by atoms with van der Waals surface area (Å²) in [6.45, 7) is 7.87. The maximum Gasteiger partial charge on any atom is 0.338 e. The number of rotatable bonds is 4. The molecule has 0 radical (unpaired) electrons. The SMILES string of the molecule is CCn1c(=O)c(C)nc2cc(C(=O)OCc3cc(=O)oc4cc(C)c(C)cc34)ccc21. The van der Waals surface area contributed by atoms with Crippen LogP contribution in [0.2, 0.25) is 0 Å². The second kappa shape index (κ2) is 7.83. The molecule has 0 atom stereocenters. The fourth-order valence-electron chi connectivity index (χ4n) is 3.64. The van der Waals surface area contributed by atoms with Crippen LogP contribution in [0.5, 0.6) is 0 Å². The van der Waals surface area contributed by atoms with Crippen LogP contribution >= 0.6 is 0 Å². The number of esters is 1. The third-order valence-corrected chi connectivity index (χ3v) is 5.46. The Morgan fingerprint density at radius 1 is 1.06 bits per heavy atom. The van der Waals surface area contributed by atoms with E-state index in [4.69, 9.17) is 9.15 Å². The van der Waals surface area contributed by atoms with Gasteiger partial charge in [-0.25, -0.2) is 14.6 Å². The highest BCUT2D eigenvalue weighted by Gasteiger charge is 2.14. The van der Waals surface area contributed by atoms with Gasteiger partial charge in [0.05, 0.1) is 16.6 Å². The van der Waals surface area contributed by atoms with Gasteiger partial charge in [-0.1, -0.05) is 0 Å². The number of hydrogen-bond acceptors (Lipinski definition) is 6. The Morgan fingerprint density at radius 2 is 1.81 bits per heavy atom. The molecule has 0 aliphatic heterocycles. The topological polar surface area (TPSA) is 91.4 Å². The fourth-order valence-corrected chi connectivity index (χ4v) is 3.64. The fraction of sp³-hybridized carbons (Fsp3) is 0.250. The Morgan fingerprint density at radius 3 is 2.55 bits per heavy atom. The molecule has 0 saturated heterocycles. The van der Waals surface area contributed by atoms with E-state index in [9.17, 15) is 14.4 Å². The van der Waals surface area contributed by atoms with Gasteiger partial charge in [0.25, 0.3) is 5.56 Å². The Kier molecular flexibility index (Phi) is 5.19. The molecule has 0 spiro atoms. The molecule has 4 rings (SSSR count). The third kappa shape index (κ3) is 3.74. The minimum Gasteiger partial charge on any atom is -0.457 e. The molecule has 0 aliphatic rings. The second-order valence-corrected chi connectivity index (χ2v) is 7.55. The summed E-state index contributed by atoms with van der Waals surface area (Å²) in [4.78, 5) is 41.2. The molecule has 0 amide bonds. The predicted molar refractivity (Wildman–Crippen MR) is 117 cm³/mol. The van der Waals surface area contributed by atoms with Gasteiger partial charge in [-0.05, 0) is 69.2 Å². The normalized spacial score (nSPS) is 11.2. The van der Waals surface area contributed by atoms with Gasteiger partial charge in [0, 0.05) is 23.6 Å². The predicted octanol–water partition coefficient (Wildman–Crippen LogP) is 3.81. The lowest BCUT2D eigenvalue weighted by molar-refractivity contribution is 0.0474. The van der Waals surface area contributed by atoms with E-state index in [0.29, 0.717) is 40.0 Å². The maximum absolute atomic E-state index is 12.7. The van der Waals surface area contributed by atoms with Crippen molar-refractivity contribution in [2.24, 2.45) is 0 Å². The van der Waals surface area contributed by atoms with E-state index >= 15 is 0 Å². The Labute approximate surface area is 177 Å². The standard InChI is InChI=1S/C24H22N2O5/c1-5-26-20-7-6-16(10-19(20)25-15(4)23(26)28)24(29)30-12-17-11-22(27)31-21-9-14(3)13(2)8-18(17)21/h6-11H,5,12H2,1-4H3. The maximum atomic E-state index is 12.7. The summed E-state index contributed by atoms with van der Waals surface area (Å²) in [5, 5.41) is 0.735. The molecule has 31 heavy (non-hydrogen) atoms. The molecule has 0 aliphatic carbocycles. The first kappa shape index (κ1) is 20.5. The van der Waals surface area contributed by atoms with E-state index < -0.39 is 11.6 Å². The van der Waals surface area contributed by atoms with Gasteiger partial charge in [-0.3, -0.25) is 4.79 Å². The largest absolute Gasteiger partial charge is 0.457 e. The summed E-state index contributed by atoms with van der Waals surface area (Å²) in [6, 6.07) is 9.99. The van der Waals surface area contributed by atoms with E-state index in [0.717, 1.165) is 16.5 Å². The summed E-state index contributed by atoms with van der Waals surface area (Å²) in [6.07, 6.45) is 0. The molecule has 0 unspecified atom stereocenters. The van der Waals surface area contributed by atoms with Crippen molar-refractivity contribution in [2.45, 2.75) is 40.8 Å². The molecule has 0 saturated carbocycles. The molecule has 7 heteroatoms. The molecule has 0 bridgehead atoms. The van der Waals surface area contributed by atoms with Crippen molar-refractivity contribution in [3.8, 4) is 0 Å². The van der Waals surface area contributed by atoms with E-state index in [1.807, 2.05) is 32.9 Å². The van der Waals surface area contributed by atoms with Crippen molar-refractivity contribution in [2.75, 3.05) is 0 Å². The number of fused-ring (bicyclic) bond motifs is 2. The van der Waals surface area contributed by atoms with Crippen molar-refractivity contribution in [3.05, 3.63) is 85.1 Å². The van der Waals surface area contributed by atoms with E-state index in [1.54, 1.807) is 29.7 Å². The third-order valence-electron chi connectivity index (χ3n) is 5.46.